The number of allylic oxidation sites excluding steroid dienone is 2. The lowest BCUT2D eigenvalue weighted by molar-refractivity contribution is -0.166. The Kier molecular flexibility index (Phi) is 6.33. The SMILES string of the molecule is C[C@H](C=C[C@@](C)(CO)C(C)(C)O)[C@H]1CC[C@H]2C3=CC(=O)C4CC(O)CC[C@]4(C)[C@@]3(O)CC[C@]12C. The van der Waals surface area contributed by atoms with Gasteiger partial charge < -0.3 is 20.4 Å². The highest BCUT2D eigenvalue weighted by Crippen LogP contribution is 2.67. The van der Waals surface area contributed by atoms with Crippen LogP contribution < -0.4 is 0 Å². The molecule has 4 N–H and O–H groups in total. The first-order chi connectivity index (χ1) is 15.6. The van der Waals surface area contributed by atoms with Crippen molar-refractivity contribution in [3.63, 3.8) is 0 Å². The minimum Gasteiger partial charge on any atom is -0.395 e. The second-order valence-electron chi connectivity index (χ2n) is 13.4. The molecule has 2 unspecified atom stereocenters. The molecule has 4 rings (SSSR count). The van der Waals surface area contributed by atoms with E-state index in [1.54, 1.807) is 19.9 Å². The Morgan fingerprint density at radius 1 is 1.12 bits per heavy atom. The van der Waals surface area contributed by atoms with Gasteiger partial charge in [-0.15, -0.1) is 0 Å². The normalized spacial score (nSPS) is 45.2. The van der Waals surface area contributed by atoms with Gasteiger partial charge in [-0.3, -0.25) is 4.79 Å². The van der Waals surface area contributed by atoms with E-state index < -0.39 is 28.1 Å². The van der Waals surface area contributed by atoms with Crippen molar-refractivity contribution < 1.29 is 25.2 Å². The third-order valence-electron chi connectivity index (χ3n) is 11.3. The lowest BCUT2D eigenvalue weighted by Crippen LogP contribution is -2.63. The van der Waals surface area contributed by atoms with Crippen molar-refractivity contribution in [2.75, 3.05) is 6.61 Å². The molecule has 3 saturated carbocycles. The first-order valence-electron chi connectivity index (χ1n) is 13.3. The molecule has 0 amide bonds. The van der Waals surface area contributed by atoms with Crippen molar-refractivity contribution in [1.82, 2.24) is 0 Å². The van der Waals surface area contributed by atoms with Gasteiger partial charge in [-0.1, -0.05) is 39.8 Å². The Morgan fingerprint density at radius 3 is 2.41 bits per heavy atom. The molecule has 0 heterocycles. The van der Waals surface area contributed by atoms with Gasteiger partial charge in [0.05, 0.1) is 23.9 Å². The van der Waals surface area contributed by atoms with Crippen LogP contribution in [-0.2, 0) is 4.79 Å². The number of aliphatic hydroxyl groups excluding tert-OH is 2. The third kappa shape index (κ3) is 3.60. The lowest BCUT2D eigenvalue weighted by atomic mass is 9.45. The quantitative estimate of drug-likeness (QED) is 0.448. The zero-order valence-corrected chi connectivity index (χ0v) is 22.0. The molecule has 4 aliphatic carbocycles. The van der Waals surface area contributed by atoms with Crippen LogP contribution in [0, 0.1) is 39.9 Å². The number of fused-ring (bicyclic) bond motifs is 5. The maximum Gasteiger partial charge on any atom is 0.159 e. The number of ketones is 1. The van der Waals surface area contributed by atoms with Crippen molar-refractivity contribution in [2.45, 2.75) is 104 Å². The molecule has 0 aromatic carbocycles. The van der Waals surface area contributed by atoms with Crippen LogP contribution in [-0.4, -0.2) is 50.1 Å². The number of hydrogen-bond acceptors (Lipinski definition) is 5. The van der Waals surface area contributed by atoms with Gasteiger partial charge in [0.25, 0.3) is 0 Å². The maximum absolute atomic E-state index is 13.3. The standard InChI is InChI=1S/C29H46O5/c1-18(9-11-26(4,17-30)25(2,3)33)20-7-8-21-22-16-24(32)23-15-19(31)10-12-28(23,6)29(22,34)14-13-27(20,21)5/h9,11,16,18-21,23,30-31,33-34H,7-8,10,12-15,17H2,1-6H3/t18-,19?,20-,21+,23?,26+,27-,28+,29-/m1/s1. The predicted octanol–water partition coefficient (Wildman–Crippen LogP) is 4.18. The molecule has 5 heteroatoms. The van der Waals surface area contributed by atoms with Crippen LogP contribution in [0.15, 0.2) is 23.8 Å². The molecule has 3 fully saturated rings. The average Bonchev–Trinajstić information content (AvgIpc) is 3.11. The molecule has 9 atom stereocenters. The molecule has 0 spiro atoms. The molecule has 192 valence electrons. The fraction of sp³-hybridized carbons (Fsp3) is 0.828. The zero-order chi connectivity index (χ0) is 25.3. The fourth-order valence-corrected chi connectivity index (χ4v) is 8.13. The second-order valence-corrected chi connectivity index (χ2v) is 13.4. The highest BCUT2D eigenvalue weighted by Gasteiger charge is 2.66. The zero-order valence-electron chi connectivity index (χ0n) is 22.0. The number of carbonyl (C=O) groups is 1. The minimum absolute atomic E-state index is 0.0101. The fourth-order valence-electron chi connectivity index (χ4n) is 8.13. The Labute approximate surface area is 205 Å². The molecular weight excluding hydrogens is 428 g/mol. The van der Waals surface area contributed by atoms with E-state index in [1.165, 1.54) is 0 Å². The Balaban J connectivity index is 1.63. The summed E-state index contributed by atoms with van der Waals surface area (Å²) >= 11 is 0. The van der Waals surface area contributed by atoms with Gasteiger partial charge in [-0.05, 0) is 93.6 Å². The Hall–Kier alpha value is -1.01. The van der Waals surface area contributed by atoms with Gasteiger partial charge >= 0.3 is 0 Å². The van der Waals surface area contributed by atoms with Crippen LogP contribution in [0.25, 0.3) is 0 Å². The summed E-state index contributed by atoms with van der Waals surface area (Å²) in [6.45, 7) is 11.9. The third-order valence-corrected chi connectivity index (χ3v) is 11.3. The molecule has 5 nitrogen and oxygen atoms in total. The van der Waals surface area contributed by atoms with Gasteiger partial charge in [-0.2, -0.15) is 0 Å². The van der Waals surface area contributed by atoms with Crippen molar-refractivity contribution >= 4 is 5.78 Å². The molecule has 0 saturated heterocycles. The summed E-state index contributed by atoms with van der Waals surface area (Å²) in [4.78, 5) is 13.3. The Morgan fingerprint density at radius 2 is 1.79 bits per heavy atom. The van der Waals surface area contributed by atoms with Gasteiger partial charge in [0.15, 0.2) is 5.78 Å². The monoisotopic (exact) mass is 474 g/mol. The highest BCUT2D eigenvalue weighted by molar-refractivity contribution is 5.95. The van der Waals surface area contributed by atoms with Gasteiger partial charge in [0.2, 0.25) is 0 Å². The van der Waals surface area contributed by atoms with Crippen molar-refractivity contribution in [2.24, 2.45) is 39.9 Å². The predicted molar refractivity (Wildman–Crippen MR) is 133 cm³/mol. The summed E-state index contributed by atoms with van der Waals surface area (Å²) in [5.41, 5.74) is -2.29. The lowest BCUT2D eigenvalue weighted by Gasteiger charge is -2.61. The molecule has 0 aromatic rings. The Bertz CT molecular complexity index is 885. The summed E-state index contributed by atoms with van der Waals surface area (Å²) in [7, 11) is 0. The smallest absolute Gasteiger partial charge is 0.159 e. The van der Waals surface area contributed by atoms with Crippen LogP contribution in [0.2, 0.25) is 0 Å². The van der Waals surface area contributed by atoms with E-state index in [0.717, 1.165) is 24.8 Å². The van der Waals surface area contributed by atoms with Gasteiger partial charge in [0, 0.05) is 16.7 Å². The van der Waals surface area contributed by atoms with Crippen molar-refractivity contribution in [1.29, 1.82) is 0 Å². The summed E-state index contributed by atoms with van der Waals surface area (Å²) in [5, 5.41) is 43.0. The largest absolute Gasteiger partial charge is 0.395 e. The van der Waals surface area contributed by atoms with E-state index in [0.29, 0.717) is 31.6 Å². The van der Waals surface area contributed by atoms with Gasteiger partial charge in [-0.25, -0.2) is 0 Å². The molecule has 0 radical (unpaired) electrons. The van der Waals surface area contributed by atoms with E-state index in [2.05, 4.69) is 26.8 Å². The van der Waals surface area contributed by atoms with Crippen molar-refractivity contribution in [3.05, 3.63) is 23.8 Å². The maximum atomic E-state index is 13.3. The summed E-state index contributed by atoms with van der Waals surface area (Å²) in [6.07, 6.45) is 10.8. The summed E-state index contributed by atoms with van der Waals surface area (Å²) in [5.74, 6) is 0.622. The van der Waals surface area contributed by atoms with E-state index in [-0.39, 0.29) is 35.6 Å². The van der Waals surface area contributed by atoms with E-state index in [4.69, 9.17) is 0 Å². The van der Waals surface area contributed by atoms with Crippen LogP contribution in [0.3, 0.4) is 0 Å². The molecule has 0 aliphatic heterocycles. The number of hydrogen-bond donors (Lipinski definition) is 4. The molecule has 0 bridgehead atoms. The van der Waals surface area contributed by atoms with Gasteiger partial charge in [0.1, 0.15) is 0 Å². The van der Waals surface area contributed by atoms with Crippen LogP contribution in [0.1, 0.15) is 86.5 Å². The molecule has 34 heavy (non-hydrogen) atoms. The van der Waals surface area contributed by atoms with E-state index >= 15 is 0 Å². The highest BCUT2D eigenvalue weighted by atomic mass is 16.3. The number of rotatable bonds is 5. The van der Waals surface area contributed by atoms with E-state index in [1.807, 2.05) is 13.0 Å². The topological polar surface area (TPSA) is 98.0 Å². The molecule has 0 aromatic heterocycles. The van der Waals surface area contributed by atoms with Crippen LogP contribution in [0.4, 0.5) is 0 Å². The number of carbonyl (C=O) groups excluding carboxylic acids is 1. The first-order valence-corrected chi connectivity index (χ1v) is 13.3. The second kappa shape index (κ2) is 8.26. The van der Waals surface area contributed by atoms with Crippen molar-refractivity contribution in [3.8, 4) is 0 Å². The molecular formula is C29H46O5. The van der Waals surface area contributed by atoms with E-state index in [9.17, 15) is 25.2 Å². The van der Waals surface area contributed by atoms with Crippen LogP contribution >= 0.6 is 0 Å². The summed E-state index contributed by atoms with van der Waals surface area (Å²) in [6, 6.07) is 0. The summed E-state index contributed by atoms with van der Waals surface area (Å²) < 4.78 is 0. The molecule has 4 aliphatic rings. The average molecular weight is 475 g/mol. The minimum atomic E-state index is -1.03. The first kappa shape index (κ1) is 26.1. The van der Waals surface area contributed by atoms with Crippen LogP contribution in [0.5, 0.6) is 0 Å². The number of aliphatic hydroxyl groups is 4.